The number of amides is 2. The Morgan fingerprint density at radius 1 is 1.06 bits per heavy atom. The van der Waals surface area contributed by atoms with E-state index in [1.807, 2.05) is 43.9 Å². The molecular weight excluding hydrogens is 416 g/mol. The molecule has 8 nitrogen and oxygen atoms in total. The second-order valence-electron chi connectivity index (χ2n) is 7.70. The summed E-state index contributed by atoms with van der Waals surface area (Å²) in [5.41, 5.74) is 3.53. The summed E-state index contributed by atoms with van der Waals surface area (Å²) in [7, 11) is 0. The van der Waals surface area contributed by atoms with Gasteiger partial charge in [0.05, 0.1) is 17.2 Å². The van der Waals surface area contributed by atoms with E-state index in [9.17, 15) is 14.4 Å². The van der Waals surface area contributed by atoms with Crippen molar-refractivity contribution >= 4 is 34.8 Å². The fourth-order valence-electron chi connectivity index (χ4n) is 3.55. The van der Waals surface area contributed by atoms with Crippen molar-refractivity contribution in [3.8, 4) is 0 Å². The summed E-state index contributed by atoms with van der Waals surface area (Å²) in [6, 6.07) is 5.90. The predicted molar refractivity (Wildman–Crippen MR) is 119 cm³/mol. The van der Waals surface area contributed by atoms with Crippen LogP contribution in [0.4, 0.5) is 5.69 Å². The molecule has 1 aliphatic rings. The van der Waals surface area contributed by atoms with E-state index in [1.165, 1.54) is 11.3 Å². The van der Waals surface area contributed by atoms with Crippen LogP contribution in [0.3, 0.4) is 0 Å². The van der Waals surface area contributed by atoms with Crippen molar-refractivity contribution in [2.24, 2.45) is 0 Å². The number of nitrogens with zero attached hydrogens (tertiary/aromatic N) is 3. The van der Waals surface area contributed by atoms with Crippen molar-refractivity contribution in [3.63, 3.8) is 0 Å². The van der Waals surface area contributed by atoms with E-state index in [0.717, 1.165) is 21.8 Å². The molecule has 1 fully saturated rings. The van der Waals surface area contributed by atoms with Crippen LogP contribution in [0.25, 0.3) is 0 Å². The Balaban J connectivity index is 1.42. The molecule has 2 aromatic rings. The van der Waals surface area contributed by atoms with Gasteiger partial charge in [0.15, 0.2) is 6.61 Å². The van der Waals surface area contributed by atoms with Crippen molar-refractivity contribution in [2.45, 2.75) is 27.7 Å². The van der Waals surface area contributed by atoms with Gasteiger partial charge in [-0.3, -0.25) is 14.5 Å². The summed E-state index contributed by atoms with van der Waals surface area (Å²) < 4.78 is 5.18. The average Bonchev–Trinajstić information content (AvgIpc) is 3.07. The molecule has 2 amide bonds. The Kier molecular flexibility index (Phi) is 7.40. The van der Waals surface area contributed by atoms with Gasteiger partial charge in [-0.1, -0.05) is 18.2 Å². The van der Waals surface area contributed by atoms with Gasteiger partial charge in [-0.15, -0.1) is 11.3 Å². The highest BCUT2D eigenvalue weighted by molar-refractivity contribution is 7.13. The Bertz CT molecular complexity index is 960. The van der Waals surface area contributed by atoms with E-state index in [-0.39, 0.29) is 25.0 Å². The van der Waals surface area contributed by atoms with Gasteiger partial charge in [-0.2, -0.15) is 0 Å². The van der Waals surface area contributed by atoms with Crippen molar-refractivity contribution in [2.75, 3.05) is 44.6 Å². The van der Waals surface area contributed by atoms with Crippen molar-refractivity contribution < 1.29 is 19.1 Å². The lowest BCUT2D eigenvalue weighted by molar-refractivity contribution is -0.136. The zero-order chi connectivity index (χ0) is 22.5. The molecule has 31 heavy (non-hydrogen) atoms. The third-order valence-corrected chi connectivity index (χ3v) is 6.31. The molecule has 0 unspecified atom stereocenters. The number of hydrogen-bond acceptors (Lipinski definition) is 7. The Morgan fingerprint density at radius 2 is 1.71 bits per heavy atom. The van der Waals surface area contributed by atoms with E-state index in [4.69, 9.17) is 4.74 Å². The van der Waals surface area contributed by atoms with E-state index >= 15 is 0 Å². The topological polar surface area (TPSA) is 91.8 Å². The van der Waals surface area contributed by atoms with Gasteiger partial charge >= 0.3 is 5.97 Å². The molecule has 1 aliphatic heterocycles. The van der Waals surface area contributed by atoms with Crippen LogP contribution < -0.4 is 5.32 Å². The number of piperazine rings is 1. The molecule has 0 radical (unpaired) electrons. The minimum Gasteiger partial charge on any atom is -0.451 e. The highest BCUT2D eigenvalue weighted by Gasteiger charge is 2.24. The predicted octanol–water partition coefficient (Wildman–Crippen LogP) is 2.32. The van der Waals surface area contributed by atoms with E-state index < -0.39 is 5.97 Å². The third-order valence-electron chi connectivity index (χ3n) is 5.25. The number of esters is 1. The van der Waals surface area contributed by atoms with Gasteiger partial charge < -0.3 is 15.0 Å². The highest BCUT2D eigenvalue weighted by atomic mass is 32.1. The SMILES string of the molecule is Cc1nc(C)c(C(=O)OCC(=O)N2CCN(CC(=O)Nc3c(C)cccc3C)CC2)s1. The second-order valence-corrected chi connectivity index (χ2v) is 8.90. The monoisotopic (exact) mass is 444 g/mol. The van der Waals surface area contributed by atoms with E-state index in [0.29, 0.717) is 36.8 Å². The van der Waals surface area contributed by atoms with Crippen molar-refractivity contribution in [1.29, 1.82) is 0 Å². The van der Waals surface area contributed by atoms with Crippen LogP contribution in [0, 0.1) is 27.7 Å². The molecule has 0 bridgehead atoms. The summed E-state index contributed by atoms with van der Waals surface area (Å²) in [5.74, 6) is -0.813. The number of para-hydroxylation sites is 1. The Morgan fingerprint density at radius 3 is 2.29 bits per heavy atom. The molecule has 1 N–H and O–H groups in total. The molecule has 1 aromatic carbocycles. The van der Waals surface area contributed by atoms with Crippen molar-refractivity contribution in [1.82, 2.24) is 14.8 Å². The Hall–Kier alpha value is -2.78. The van der Waals surface area contributed by atoms with Crippen LogP contribution in [0.5, 0.6) is 0 Å². The van der Waals surface area contributed by atoms with E-state index in [2.05, 4.69) is 10.3 Å². The lowest BCUT2D eigenvalue weighted by Crippen LogP contribution is -2.51. The lowest BCUT2D eigenvalue weighted by atomic mass is 10.1. The van der Waals surface area contributed by atoms with Crippen LogP contribution in [-0.2, 0) is 14.3 Å². The Labute approximate surface area is 186 Å². The second kappa shape index (κ2) is 10.0. The molecular formula is C22H28N4O4S. The zero-order valence-electron chi connectivity index (χ0n) is 18.4. The van der Waals surface area contributed by atoms with Gasteiger partial charge in [0.1, 0.15) is 4.88 Å². The first-order valence-corrected chi connectivity index (χ1v) is 11.0. The van der Waals surface area contributed by atoms with Gasteiger partial charge in [-0.05, 0) is 38.8 Å². The number of aryl methyl sites for hydroxylation is 4. The number of nitrogens with one attached hydrogen (secondary N) is 1. The maximum atomic E-state index is 12.4. The van der Waals surface area contributed by atoms with Crippen LogP contribution in [0.2, 0.25) is 0 Å². The minimum absolute atomic E-state index is 0.0682. The molecule has 1 aromatic heterocycles. The van der Waals surface area contributed by atoms with Gasteiger partial charge in [0, 0.05) is 31.9 Å². The maximum Gasteiger partial charge on any atom is 0.350 e. The molecule has 0 spiro atoms. The van der Waals surface area contributed by atoms with Gasteiger partial charge in [-0.25, -0.2) is 9.78 Å². The normalized spacial score (nSPS) is 14.4. The third kappa shape index (κ3) is 5.89. The highest BCUT2D eigenvalue weighted by Crippen LogP contribution is 2.20. The molecule has 9 heteroatoms. The molecule has 0 aliphatic carbocycles. The summed E-state index contributed by atoms with van der Waals surface area (Å²) >= 11 is 1.26. The molecule has 0 atom stereocenters. The van der Waals surface area contributed by atoms with Crippen LogP contribution in [0.1, 0.15) is 31.5 Å². The van der Waals surface area contributed by atoms with Crippen LogP contribution in [-0.4, -0.2) is 71.9 Å². The number of benzene rings is 1. The number of carbonyl (C=O) groups excluding carboxylic acids is 3. The number of anilines is 1. The number of thiazole rings is 1. The molecule has 3 rings (SSSR count). The standard InChI is InChI=1S/C22H28N4O4S/c1-14-6-5-7-15(2)20(14)24-18(27)12-25-8-10-26(11-9-25)19(28)13-30-22(29)21-16(3)23-17(4)31-21/h5-7H,8-13H2,1-4H3,(H,24,27). The van der Waals surface area contributed by atoms with Crippen LogP contribution in [0.15, 0.2) is 18.2 Å². The number of hydrogen-bond donors (Lipinski definition) is 1. The van der Waals surface area contributed by atoms with Gasteiger partial charge in [0.25, 0.3) is 5.91 Å². The largest absolute Gasteiger partial charge is 0.451 e. The number of rotatable bonds is 6. The summed E-state index contributed by atoms with van der Waals surface area (Å²) in [6.45, 7) is 9.66. The van der Waals surface area contributed by atoms with Crippen molar-refractivity contribution in [3.05, 3.63) is 44.9 Å². The van der Waals surface area contributed by atoms with E-state index in [1.54, 1.807) is 11.8 Å². The zero-order valence-corrected chi connectivity index (χ0v) is 19.2. The number of carbonyl (C=O) groups is 3. The molecule has 0 saturated carbocycles. The first kappa shape index (κ1) is 22.9. The molecule has 2 heterocycles. The fraction of sp³-hybridized carbons (Fsp3) is 0.455. The fourth-order valence-corrected chi connectivity index (χ4v) is 4.37. The minimum atomic E-state index is -0.516. The first-order valence-electron chi connectivity index (χ1n) is 10.2. The van der Waals surface area contributed by atoms with Crippen LogP contribution >= 0.6 is 11.3 Å². The van der Waals surface area contributed by atoms with Gasteiger partial charge in [0.2, 0.25) is 5.91 Å². The quantitative estimate of drug-likeness (QED) is 0.688. The first-order chi connectivity index (χ1) is 14.7. The summed E-state index contributed by atoms with van der Waals surface area (Å²) in [5, 5.41) is 3.78. The molecule has 1 saturated heterocycles. The lowest BCUT2D eigenvalue weighted by Gasteiger charge is -2.34. The number of ether oxygens (including phenoxy) is 1. The maximum absolute atomic E-state index is 12.4. The summed E-state index contributed by atoms with van der Waals surface area (Å²) in [6.07, 6.45) is 0. The smallest absolute Gasteiger partial charge is 0.350 e. The number of aromatic nitrogens is 1. The molecule has 166 valence electrons. The average molecular weight is 445 g/mol. The summed E-state index contributed by atoms with van der Waals surface area (Å²) in [4.78, 5) is 45.3.